The first-order chi connectivity index (χ1) is 15.5. The zero-order valence-corrected chi connectivity index (χ0v) is 18.4. The molecule has 1 amide bonds. The summed E-state index contributed by atoms with van der Waals surface area (Å²) in [7, 11) is 1.94. The Balaban J connectivity index is 1.49. The minimum atomic E-state index is -0.311. The van der Waals surface area contributed by atoms with Crippen molar-refractivity contribution in [2.24, 2.45) is 4.99 Å². The largest absolute Gasteiger partial charge is 0.357 e. The predicted octanol–water partition coefficient (Wildman–Crippen LogP) is 2.97. The number of carbonyl (C=O) groups excluding carboxylic acids is 1. The number of hydrogen-bond donors (Lipinski definition) is 3. The van der Waals surface area contributed by atoms with Gasteiger partial charge in [0.25, 0.3) is 0 Å². The van der Waals surface area contributed by atoms with Gasteiger partial charge >= 0.3 is 0 Å². The van der Waals surface area contributed by atoms with Crippen molar-refractivity contribution in [3.8, 4) is 11.3 Å². The van der Waals surface area contributed by atoms with Gasteiger partial charge in [-0.1, -0.05) is 42.5 Å². The summed E-state index contributed by atoms with van der Waals surface area (Å²) < 4.78 is 13.0. The van der Waals surface area contributed by atoms with Crippen LogP contribution >= 0.6 is 0 Å². The van der Waals surface area contributed by atoms with Gasteiger partial charge in [-0.25, -0.2) is 9.37 Å². The van der Waals surface area contributed by atoms with Gasteiger partial charge in [-0.3, -0.25) is 9.79 Å². The van der Waals surface area contributed by atoms with Gasteiger partial charge in [0.2, 0.25) is 5.91 Å². The molecule has 0 fully saturated rings. The van der Waals surface area contributed by atoms with Crippen LogP contribution in [0, 0.1) is 5.82 Å². The Kier molecular flexibility index (Phi) is 8.36. The maximum absolute atomic E-state index is 13.0. The number of rotatable bonds is 9. The first-order valence-corrected chi connectivity index (χ1v) is 10.6. The van der Waals surface area contributed by atoms with Crippen LogP contribution in [-0.4, -0.2) is 53.4 Å². The molecule has 0 bridgehead atoms. The van der Waals surface area contributed by atoms with E-state index in [-0.39, 0.29) is 18.1 Å². The summed E-state index contributed by atoms with van der Waals surface area (Å²) in [6, 6.07) is 16.0. The molecular formula is C24H29FN6O. The number of carbonyl (C=O) groups is 1. The molecule has 2 aromatic carbocycles. The second-order valence-electron chi connectivity index (χ2n) is 7.35. The number of aromatic nitrogens is 2. The molecule has 168 valence electrons. The second kappa shape index (κ2) is 11.6. The Bertz CT molecular complexity index is 1020. The zero-order chi connectivity index (χ0) is 22.8. The molecule has 0 aliphatic carbocycles. The normalized spacial score (nSPS) is 11.3. The van der Waals surface area contributed by atoms with E-state index in [4.69, 9.17) is 0 Å². The molecule has 0 saturated heterocycles. The lowest BCUT2D eigenvalue weighted by molar-refractivity contribution is -0.120. The molecule has 1 heterocycles. The van der Waals surface area contributed by atoms with Crippen LogP contribution in [0.5, 0.6) is 0 Å². The molecule has 0 radical (unpaired) electrons. The minimum absolute atomic E-state index is 0.116. The number of H-pyrrole nitrogens is 1. The van der Waals surface area contributed by atoms with Crippen LogP contribution in [0.4, 0.5) is 4.39 Å². The van der Waals surface area contributed by atoms with Gasteiger partial charge in [0.1, 0.15) is 11.6 Å². The van der Waals surface area contributed by atoms with E-state index in [2.05, 4.69) is 25.6 Å². The molecule has 8 heteroatoms. The van der Waals surface area contributed by atoms with Crippen LogP contribution in [0.2, 0.25) is 0 Å². The van der Waals surface area contributed by atoms with Crippen LogP contribution in [0.3, 0.4) is 0 Å². The Morgan fingerprint density at radius 3 is 2.59 bits per heavy atom. The van der Waals surface area contributed by atoms with Gasteiger partial charge in [0.05, 0.1) is 31.4 Å². The number of nitrogens with one attached hydrogen (secondary N) is 3. The summed E-state index contributed by atoms with van der Waals surface area (Å²) in [5.74, 6) is 1.14. The molecular weight excluding hydrogens is 407 g/mol. The Hall–Kier alpha value is -3.68. The van der Waals surface area contributed by atoms with E-state index in [0.717, 1.165) is 35.1 Å². The van der Waals surface area contributed by atoms with E-state index >= 15 is 0 Å². The number of guanidine groups is 1. The van der Waals surface area contributed by atoms with Gasteiger partial charge in [-0.05, 0) is 30.2 Å². The van der Waals surface area contributed by atoms with Crippen molar-refractivity contribution in [1.82, 2.24) is 25.5 Å². The lowest BCUT2D eigenvalue weighted by Crippen LogP contribution is -2.39. The molecule has 3 rings (SSSR count). The van der Waals surface area contributed by atoms with Gasteiger partial charge < -0.3 is 20.5 Å². The van der Waals surface area contributed by atoms with E-state index in [9.17, 15) is 9.18 Å². The highest BCUT2D eigenvalue weighted by molar-refractivity contribution is 5.80. The predicted molar refractivity (Wildman–Crippen MR) is 125 cm³/mol. The van der Waals surface area contributed by atoms with Gasteiger partial charge in [0.15, 0.2) is 5.96 Å². The first-order valence-electron chi connectivity index (χ1n) is 10.6. The smallest absolute Gasteiger partial charge is 0.224 e. The molecule has 0 spiro atoms. The number of nitrogens with zero attached hydrogens (tertiary/aromatic N) is 3. The molecule has 0 aliphatic heterocycles. The fraction of sp³-hybridized carbons (Fsp3) is 0.292. The van der Waals surface area contributed by atoms with Gasteiger partial charge in [-0.2, -0.15) is 0 Å². The minimum Gasteiger partial charge on any atom is -0.357 e. The fourth-order valence-corrected chi connectivity index (χ4v) is 3.18. The maximum atomic E-state index is 13.0. The Labute approximate surface area is 187 Å². The SMILES string of the molecule is CCNC(=NCCNC(=O)Cc1ccc(F)cc1)N(C)Cc1ncc(-c2ccccc2)[nH]1. The van der Waals surface area contributed by atoms with Crippen molar-refractivity contribution in [2.45, 2.75) is 19.9 Å². The topological polar surface area (TPSA) is 85.4 Å². The molecule has 0 saturated carbocycles. The van der Waals surface area contributed by atoms with E-state index in [1.165, 1.54) is 12.1 Å². The van der Waals surface area contributed by atoms with Crippen molar-refractivity contribution in [3.63, 3.8) is 0 Å². The summed E-state index contributed by atoms with van der Waals surface area (Å²) in [5.41, 5.74) is 2.83. The number of aliphatic imine (C=N–C) groups is 1. The summed E-state index contributed by atoms with van der Waals surface area (Å²) >= 11 is 0. The van der Waals surface area contributed by atoms with E-state index in [1.807, 2.05) is 55.4 Å². The van der Waals surface area contributed by atoms with Gasteiger partial charge in [0, 0.05) is 20.1 Å². The van der Waals surface area contributed by atoms with Crippen molar-refractivity contribution < 1.29 is 9.18 Å². The monoisotopic (exact) mass is 436 g/mol. The maximum Gasteiger partial charge on any atom is 0.224 e. The Morgan fingerprint density at radius 1 is 1.12 bits per heavy atom. The van der Waals surface area contributed by atoms with E-state index in [1.54, 1.807) is 12.1 Å². The number of imidazole rings is 1. The summed E-state index contributed by atoms with van der Waals surface area (Å²) in [6.07, 6.45) is 2.05. The molecule has 1 aromatic heterocycles. The zero-order valence-electron chi connectivity index (χ0n) is 18.4. The highest BCUT2D eigenvalue weighted by atomic mass is 19.1. The van der Waals surface area contributed by atoms with Crippen LogP contribution in [0.15, 0.2) is 65.8 Å². The highest BCUT2D eigenvalue weighted by Gasteiger charge is 2.10. The second-order valence-corrected chi connectivity index (χ2v) is 7.35. The van der Waals surface area contributed by atoms with Crippen LogP contribution in [0.25, 0.3) is 11.3 Å². The fourth-order valence-electron chi connectivity index (χ4n) is 3.18. The Morgan fingerprint density at radius 2 is 1.88 bits per heavy atom. The number of amides is 1. The quantitative estimate of drug-likeness (QED) is 0.274. The van der Waals surface area contributed by atoms with Gasteiger partial charge in [-0.15, -0.1) is 0 Å². The third kappa shape index (κ3) is 6.94. The molecule has 3 N–H and O–H groups in total. The van der Waals surface area contributed by atoms with Crippen molar-refractivity contribution >= 4 is 11.9 Å². The van der Waals surface area contributed by atoms with Crippen molar-refractivity contribution in [2.75, 3.05) is 26.7 Å². The number of benzene rings is 2. The molecule has 0 atom stereocenters. The van der Waals surface area contributed by atoms with Crippen molar-refractivity contribution in [1.29, 1.82) is 0 Å². The third-order valence-electron chi connectivity index (χ3n) is 4.77. The average molecular weight is 437 g/mol. The molecule has 0 unspecified atom stereocenters. The number of halogens is 1. The average Bonchev–Trinajstić information content (AvgIpc) is 3.26. The summed E-state index contributed by atoms with van der Waals surface area (Å²) in [4.78, 5) is 26.5. The lowest BCUT2D eigenvalue weighted by atomic mass is 10.1. The molecule has 7 nitrogen and oxygen atoms in total. The molecule has 3 aromatic rings. The third-order valence-corrected chi connectivity index (χ3v) is 4.77. The summed E-state index contributed by atoms with van der Waals surface area (Å²) in [5, 5.41) is 6.11. The standard InChI is InChI=1S/C24H29FN6O/c1-3-26-24(28-14-13-27-23(32)15-18-9-11-20(25)12-10-18)31(2)17-22-29-16-21(30-22)19-7-5-4-6-8-19/h4-12,16H,3,13-15,17H2,1-2H3,(H,26,28)(H,27,32)(H,29,30). The number of aromatic amines is 1. The van der Waals surface area contributed by atoms with Crippen LogP contribution in [0.1, 0.15) is 18.3 Å². The molecule has 0 aliphatic rings. The van der Waals surface area contributed by atoms with E-state index in [0.29, 0.717) is 19.6 Å². The van der Waals surface area contributed by atoms with Crippen LogP contribution < -0.4 is 10.6 Å². The summed E-state index contributed by atoms with van der Waals surface area (Å²) in [6.45, 7) is 4.16. The number of hydrogen-bond acceptors (Lipinski definition) is 3. The van der Waals surface area contributed by atoms with Crippen molar-refractivity contribution in [3.05, 3.63) is 78.0 Å². The van der Waals surface area contributed by atoms with Crippen LogP contribution in [-0.2, 0) is 17.8 Å². The first kappa shape index (κ1) is 23.0. The highest BCUT2D eigenvalue weighted by Crippen LogP contribution is 2.16. The lowest BCUT2D eigenvalue weighted by Gasteiger charge is -2.21. The van der Waals surface area contributed by atoms with E-state index < -0.39 is 0 Å². The molecule has 32 heavy (non-hydrogen) atoms.